The van der Waals surface area contributed by atoms with Crippen molar-refractivity contribution in [1.29, 1.82) is 0 Å². The summed E-state index contributed by atoms with van der Waals surface area (Å²) in [7, 11) is 0. The van der Waals surface area contributed by atoms with Crippen molar-refractivity contribution in [1.82, 2.24) is 9.78 Å². The maximum atomic E-state index is 13.2. The minimum Gasteiger partial charge on any atom is -0.382 e. The fourth-order valence-corrected chi connectivity index (χ4v) is 2.45. The first-order valence-corrected chi connectivity index (χ1v) is 7.63. The molecule has 0 unspecified atom stereocenters. The lowest BCUT2D eigenvalue weighted by Gasteiger charge is -2.11. The third-order valence-corrected chi connectivity index (χ3v) is 3.58. The standard InChI is InChI=1S/C18H19FN4/c19-15-7-9-16(10-8-15)23-18(14-5-2-1-3-6-14)17(13-22-23)21-12-4-11-20/h1-3,5-10,13,21H,4,11-12,20H2. The monoisotopic (exact) mass is 310 g/mol. The van der Waals surface area contributed by atoms with Gasteiger partial charge >= 0.3 is 0 Å². The van der Waals surface area contributed by atoms with Crippen LogP contribution in [0.15, 0.2) is 60.8 Å². The molecule has 0 bridgehead atoms. The molecular weight excluding hydrogens is 291 g/mol. The fraction of sp³-hybridized carbons (Fsp3) is 0.167. The zero-order valence-corrected chi connectivity index (χ0v) is 12.7. The number of nitrogens with two attached hydrogens (primary N) is 1. The van der Waals surface area contributed by atoms with Crippen molar-refractivity contribution in [2.45, 2.75) is 6.42 Å². The molecule has 0 radical (unpaired) electrons. The fourth-order valence-electron chi connectivity index (χ4n) is 2.45. The summed E-state index contributed by atoms with van der Waals surface area (Å²) < 4.78 is 15.0. The van der Waals surface area contributed by atoms with Crippen LogP contribution in [0, 0.1) is 5.82 Å². The first-order chi connectivity index (χ1) is 11.3. The number of aromatic nitrogens is 2. The molecule has 3 aromatic rings. The van der Waals surface area contributed by atoms with Gasteiger partial charge in [-0.25, -0.2) is 9.07 Å². The Labute approximate surface area is 134 Å². The molecule has 0 amide bonds. The highest BCUT2D eigenvalue weighted by Gasteiger charge is 2.14. The van der Waals surface area contributed by atoms with E-state index in [-0.39, 0.29) is 5.82 Å². The van der Waals surface area contributed by atoms with E-state index >= 15 is 0 Å². The van der Waals surface area contributed by atoms with E-state index in [1.54, 1.807) is 18.3 Å². The number of nitrogens with zero attached hydrogens (tertiary/aromatic N) is 2. The van der Waals surface area contributed by atoms with Crippen LogP contribution in [0.2, 0.25) is 0 Å². The minimum absolute atomic E-state index is 0.261. The van der Waals surface area contributed by atoms with Crippen LogP contribution in [0.1, 0.15) is 6.42 Å². The first-order valence-electron chi connectivity index (χ1n) is 7.63. The maximum absolute atomic E-state index is 13.2. The van der Waals surface area contributed by atoms with Gasteiger partial charge in [-0.1, -0.05) is 30.3 Å². The quantitative estimate of drug-likeness (QED) is 0.686. The van der Waals surface area contributed by atoms with Crippen molar-refractivity contribution in [3.8, 4) is 16.9 Å². The molecule has 0 fully saturated rings. The molecule has 23 heavy (non-hydrogen) atoms. The van der Waals surface area contributed by atoms with Gasteiger partial charge in [-0.3, -0.25) is 0 Å². The largest absolute Gasteiger partial charge is 0.382 e. The summed E-state index contributed by atoms with van der Waals surface area (Å²) in [5, 5.41) is 7.85. The summed E-state index contributed by atoms with van der Waals surface area (Å²) in [6.07, 6.45) is 2.68. The molecule has 118 valence electrons. The van der Waals surface area contributed by atoms with Crippen molar-refractivity contribution in [3.63, 3.8) is 0 Å². The maximum Gasteiger partial charge on any atom is 0.123 e. The minimum atomic E-state index is -0.261. The summed E-state index contributed by atoms with van der Waals surface area (Å²) in [4.78, 5) is 0. The Morgan fingerprint density at radius 1 is 1.04 bits per heavy atom. The molecule has 0 atom stereocenters. The van der Waals surface area contributed by atoms with Gasteiger partial charge < -0.3 is 11.1 Å². The van der Waals surface area contributed by atoms with Crippen molar-refractivity contribution >= 4 is 5.69 Å². The smallest absolute Gasteiger partial charge is 0.123 e. The predicted molar refractivity (Wildman–Crippen MR) is 91.1 cm³/mol. The summed E-state index contributed by atoms with van der Waals surface area (Å²) in [6.45, 7) is 1.42. The van der Waals surface area contributed by atoms with Gasteiger partial charge in [-0.05, 0) is 37.2 Å². The number of rotatable bonds is 6. The first kappa shape index (κ1) is 15.2. The second-order valence-corrected chi connectivity index (χ2v) is 5.23. The molecule has 5 heteroatoms. The van der Waals surface area contributed by atoms with Crippen LogP contribution in [0.3, 0.4) is 0 Å². The summed E-state index contributed by atoms with van der Waals surface area (Å²) in [5.74, 6) is -0.261. The van der Waals surface area contributed by atoms with Crippen molar-refractivity contribution in [2.75, 3.05) is 18.4 Å². The highest BCUT2D eigenvalue weighted by Crippen LogP contribution is 2.30. The van der Waals surface area contributed by atoms with E-state index in [0.717, 1.165) is 35.6 Å². The van der Waals surface area contributed by atoms with E-state index in [1.807, 2.05) is 35.0 Å². The van der Waals surface area contributed by atoms with E-state index < -0.39 is 0 Å². The predicted octanol–water partition coefficient (Wildman–Crippen LogP) is 3.44. The van der Waals surface area contributed by atoms with E-state index in [2.05, 4.69) is 10.4 Å². The van der Waals surface area contributed by atoms with Crippen LogP contribution in [0.4, 0.5) is 10.1 Å². The third kappa shape index (κ3) is 3.40. The number of hydrogen-bond acceptors (Lipinski definition) is 3. The van der Waals surface area contributed by atoms with Crippen LogP contribution >= 0.6 is 0 Å². The highest BCUT2D eigenvalue weighted by molar-refractivity contribution is 5.76. The molecule has 1 heterocycles. The average Bonchev–Trinajstić information content (AvgIpc) is 3.00. The Morgan fingerprint density at radius 2 is 1.78 bits per heavy atom. The van der Waals surface area contributed by atoms with Gasteiger partial charge in [0.05, 0.1) is 23.3 Å². The van der Waals surface area contributed by atoms with Gasteiger partial charge in [0.15, 0.2) is 0 Å². The summed E-state index contributed by atoms with van der Waals surface area (Å²) in [6, 6.07) is 16.3. The Balaban J connectivity index is 2.04. The molecule has 4 nitrogen and oxygen atoms in total. The van der Waals surface area contributed by atoms with E-state index in [9.17, 15) is 4.39 Å². The topological polar surface area (TPSA) is 55.9 Å². The molecule has 0 saturated carbocycles. The number of hydrogen-bond donors (Lipinski definition) is 2. The van der Waals surface area contributed by atoms with Crippen LogP contribution in [0.5, 0.6) is 0 Å². The zero-order valence-electron chi connectivity index (χ0n) is 12.7. The molecule has 3 rings (SSSR count). The Morgan fingerprint density at radius 3 is 2.48 bits per heavy atom. The van der Waals surface area contributed by atoms with E-state index in [1.165, 1.54) is 12.1 Å². The van der Waals surface area contributed by atoms with E-state index in [4.69, 9.17) is 5.73 Å². The highest BCUT2D eigenvalue weighted by atomic mass is 19.1. The molecule has 0 saturated heterocycles. The number of halogens is 1. The Bertz CT molecular complexity index is 750. The van der Waals surface area contributed by atoms with Crippen LogP contribution in [0.25, 0.3) is 16.9 Å². The van der Waals surface area contributed by atoms with Gasteiger partial charge in [-0.15, -0.1) is 0 Å². The molecular formula is C18H19FN4. The molecule has 0 aliphatic carbocycles. The van der Waals surface area contributed by atoms with Gasteiger partial charge in [-0.2, -0.15) is 5.10 Å². The molecule has 0 aliphatic rings. The van der Waals surface area contributed by atoms with Gasteiger partial charge in [0, 0.05) is 12.1 Å². The van der Waals surface area contributed by atoms with Crippen molar-refractivity contribution < 1.29 is 4.39 Å². The lowest BCUT2D eigenvalue weighted by Crippen LogP contribution is -2.09. The zero-order chi connectivity index (χ0) is 16.1. The van der Waals surface area contributed by atoms with Crippen LogP contribution in [-0.2, 0) is 0 Å². The summed E-state index contributed by atoms with van der Waals surface area (Å²) >= 11 is 0. The van der Waals surface area contributed by atoms with Gasteiger partial charge in [0.1, 0.15) is 5.82 Å². The average molecular weight is 310 g/mol. The van der Waals surface area contributed by atoms with Crippen LogP contribution < -0.4 is 11.1 Å². The van der Waals surface area contributed by atoms with Crippen LogP contribution in [-0.4, -0.2) is 22.9 Å². The lowest BCUT2D eigenvalue weighted by molar-refractivity contribution is 0.627. The lowest BCUT2D eigenvalue weighted by atomic mass is 10.1. The van der Waals surface area contributed by atoms with Crippen molar-refractivity contribution in [2.24, 2.45) is 5.73 Å². The molecule has 1 aromatic heterocycles. The molecule has 2 aromatic carbocycles. The third-order valence-electron chi connectivity index (χ3n) is 3.58. The Hall–Kier alpha value is -2.66. The second kappa shape index (κ2) is 7.07. The van der Waals surface area contributed by atoms with E-state index in [0.29, 0.717) is 6.54 Å². The molecule has 0 spiro atoms. The van der Waals surface area contributed by atoms with Crippen molar-refractivity contribution in [3.05, 3.63) is 66.6 Å². The number of benzene rings is 2. The molecule has 0 aliphatic heterocycles. The number of nitrogens with one attached hydrogen (secondary N) is 1. The molecule has 3 N–H and O–H groups in total. The Kier molecular flexibility index (Phi) is 4.68. The van der Waals surface area contributed by atoms with Gasteiger partial charge in [0.2, 0.25) is 0 Å². The number of anilines is 1. The van der Waals surface area contributed by atoms with Gasteiger partial charge in [0.25, 0.3) is 0 Å². The summed E-state index contributed by atoms with van der Waals surface area (Å²) in [5.41, 5.74) is 9.31. The normalized spacial score (nSPS) is 10.7. The second-order valence-electron chi connectivity index (χ2n) is 5.23. The SMILES string of the molecule is NCCCNc1cnn(-c2ccc(F)cc2)c1-c1ccccc1.